The zero-order valence-corrected chi connectivity index (χ0v) is 16.4. The molecule has 142 valence electrons. The van der Waals surface area contributed by atoms with Crippen molar-refractivity contribution in [2.24, 2.45) is 0 Å². The average molecular weight is 385 g/mol. The van der Waals surface area contributed by atoms with E-state index in [1.54, 1.807) is 48.5 Å². The first-order chi connectivity index (χ1) is 12.9. The number of ether oxygens (including phenoxy) is 1. The average Bonchev–Trinajstić information content (AvgIpc) is 2.61. The minimum absolute atomic E-state index is 0.0169. The fourth-order valence-electron chi connectivity index (χ4n) is 2.32. The number of nitrogens with one attached hydrogen (secondary N) is 3. The van der Waals surface area contributed by atoms with Crippen molar-refractivity contribution in [3.05, 3.63) is 59.7 Å². The highest BCUT2D eigenvalue weighted by Crippen LogP contribution is 2.15. The molecule has 3 N–H and O–H groups in total. The van der Waals surface area contributed by atoms with Crippen molar-refractivity contribution in [2.45, 2.75) is 26.9 Å². The van der Waals surface area contributed by atoms with Crippen LogP contribution < -0.4 is 20.7 Å². The van der Waals surface area contributed by atoms with Gasteiger partial charge in [-0.2, -0.15) is 0 Å². The standard InChI is InChI=1S/C20H23N3O3S/c1-4-21-18(24)14-7-5-9-16(11-14)22-20(27)23-19(25)15-8-6-10-17(12-15)26-13(2)3/h5-13H,4H2,1-3H3,(H,21,24)(H2,22,23,25,27). The van der Waals surface area contributed by atoms with Crippen LogP contribution in [0.4, 0.5) is 5.69 Å². The molecular formula is C20H23N3O3S. The van der Waals surface area contributed by atoms with Gasteiger partial charge in [0.25, 0.3) is 11.8 Å². The molecule has 0 heterocycles. The van der Waals surface area contributed by atoms with Crippen LogP contribution in [-0.4, -0.2) is 29.6 Å². The van der Waals surface area contributed by atoms with Crippen LogP contribution >= 0.6 is 12.2 Å². The van der Waals surface area contributed by atoms with Crippen molar-refractivity contribution >= 4 is 34.8 Å². The van der Waals surface area contributed by atoms with E-state index in [4.69, 9.17) is 17.0 Å². The second-order valence-corrected chi connectivity index (χ2v) is 6.45. The Morgan fingerprint density at radius 2 is 1.70 bits per heavy atom. The van der Waals surface area contributed by atoms with E-state index in [-0.39, 0.29) is 23.0 Å². The molecule has 7 heteroatoms. The summed E-state index contributed by atoms with van der Waals surface area (Å²) in [6, 6.07) is 13.8. The van der Waals surface area contributed by atoms with E-state index in [2.05, 4.69) is 16.0 Å². The summed E-state index contributed by atoms with van der Waals surface area (Å²) < 4.78 is 5.59. The lowest BCUT2D eigenvalue weighted by Gasteiger charge is -2.12. The number of thiocarbonyl (C=S) groups is 1. The Morgan fingerprint density at radius 3 is 2.37 bits per heavy atom. The molecule has 2 amide bonds. The number of amides is 2. The maximum atomic E-state index is 12.4. The molecule has 27 heavy (non-hydrogen) atoms. The molecule has 0 fully saturated rings. The van der Waals surface area contributed by atoms with Gasteiger partial charge in [-0.3, -0.25) is 14.9 Å². The van der Waals surface area contributed by atoms with Crippen molar-refractivity contribution in [3.63, 3.8) is 0 Å². The third-order valence-electron chi connectivity index (χ3n) is 3.42. The Bertz CT molecular complexity index is 837. The minimum atomic E-state index is -0.346. The van der Waals surface area contributed by atoms with E-state index < -0.39 is 0 Å². The molecule has 0 bridgehead atoms. The first-order valence-corrected chi connectivity index (χ1v) is 9.07. The molecule has 0 aliphatic carbocycles. The zero-order chi connectivity index (χ0) is 19.8. The number of carbonyl (C=O) groups is 2. The van der Waals surface area contributed by atoms with Gasteiger partial charge in [-0.1, -0.05) is 12.1 Å². The molecule has 0 aliphatic heterocycles. The van der Waals surface area contributed by atoms with Crippen LogP contribution in [0.25, 0.3) is 0 Å². The summed E-state index contributed by atoms with van der Waals surface area (Å²) in [7, 11) is 0. The smallest absolute Gasteiger partial charge is 0.257 e. The van der Waals surface area contributed by atoms with Crippen LogP contribution in [0, 0.1) is 0 Å². The third-order valence-corrected chi connectivity index (χ3v) is 3.62. The van der Waals surface area contributed by atoms with Gasteiger partial charge in [-0.05, 0) is 69.4 Å². The molecule has 2 rings (SSSR count). The van der Waals surface area contributed by atoms with Crippen LogP contribution in [0.5, 0.6) is 5.75 Å². The number of rotatable bonds is 6. The molecule has 0 spiro atoms. The first-order valence-electron chi connectivity index (χ1n) is 8.66. The van der Waals surface area contributed by atoms with E-state index in [0.29, 0.717) is 29.1 Å². The zero-order valence-electron chi connectivity index (χ0n) is 15.5. The molecule has 0 atom stereocenters. The van der Waals surface area contributed by atoms with Gasteiger partial charge in [0.2, 0.25) is 0 Å². The lowest BCUT2D eigenvalue weighted by Crippen LogP contribution is -2.34. The summed E-state index contributed by atoms with van der Waals surface area (Å²) >= 11 is 5.20. The molecule has 0 aliphatic rings. The summed E-state index contributed by atoms with van der Waals surface area (Å²) in [4.78, 5) is 24.3. The van der Waals surface area contributed by atoms with E-state index in [1.807, 2.05) is 20.8 Å². The van der Waals surface area contributed by atoms with Gasteiger partial charge in [0, 0.05) is 23.4 Å². The van der Waals surface area contributed by atoms with E-state index in [0.717, 1.165) is 0 Å². The Hall–Kier alpha value is -2.93. The number of anilines is 1. The van der Waals surface area contributed by atoms with Crippen molar-refractivity contribution < 1.29 is 14.3 Å². The number of hydrogen-bond acceptors (Lipinski definition) is 4. The second kappa shape index (κ2) is 9.68. The summed E-state index contributed by atoms with van der Waals surface area (Å²) in [5.41, 5.74) is 1.56. The van der Waals surface area contributed by atoms with Crippen molar-refractivity contribution in [1.82, 2.24) is 10.6 Å². The number of hydrogen-bond donors (Lipinski definition) is 3. The predicted molar refractivity (Wildman–Crippen MR) is 110 cm³/mol. The largest absolute Gasteiger partial charge is 0.491 e. The summed E-state index contributed by atoms with van der Waals surface area (Å²) in [5.74, 6) is 0.103. The Balaban J connectivity index is 2.00. The van der Waals surface area contributed by atoms with Crippen LogP contribution in [0.2, 0.25) is 0 Å². The normalized spacial score (nSPS) is 10.2. The van der Waals surface area contributed by atoms with Gasteiger partial charge in [0.15, 0.2) is 5.11 Å². The van der Waals surface area contributed by atoms with Crippen LogP contribution in [0.3, 0.4) is 0 Å². The highest BCUT2D eigenvalue weighted by molar-refractivity contribution is 7.80. The minimum Gasteiger partial charge on any atom is -0.491 e. The van der Waals surface area contributed by atoms with E-state index >= 15 is 0 Å². The molecular weight excluding hydrogens is 362 g/mol. The first kappa shape index (κ1) is 20.4. The highest BCUT2D eigenvalue weighted by atomic mass is 32.1. The third kappa shape index (κ3) is 6.38. The lowest BCUT2D eigenvalue weighted by molar-refractivity contribution is 0.0953. The number of carbonyl (C=O) groups excluding carboxylic acids is 2. The fraction of sp³-hybridized carbons (Fsp3) is 0.250. The molecule has 2 aromatic carbocycles. The maximum Gasteiger partial charge on any atom is 0.257 e. The lowest BCUT2D eigenvalue weighted by atomic mass is 10.2. The van der Waals surface area contributed by atoms with Crippen LogP contribution in [-0.2, 0) is 0 Å². The Labute approximate surface area is 164 Å². The summed E-state index contributed by atoms with van der Waals surface area (Å²) in [6.07, 6.45) is 0.0169. The van der Waals surface area contributed by atoms with Crippen LogP contribution in [0.1, 0.15) is 41.5 Å². The number of benzene rings is 2. The van der Waals surface area contributed by atoms with Crippen molar-refractivity contribution in [1.29, 1.82) is 0 Å². The van der Waals surface area contributed by atoms with E-state index in [9.17, 15) is 9.59 Å². The maximum absolute atomic E-state index is 12.4. The van der Waals surface area contributed by atoms with Gasteiger partial charge in [-0.25, -0.2) is 0 Å². The van der Waals surface area contributed by atoms with E-state index in [1.165, 1.54) is 0 Å². The second-order valence-electron chi connectivity index (χ2n) is 6.04. The molecule has 0 saturated carbocycles. The molecule has 0 saturated heterocycles. The monoisotopic (exact) mass is 385 g/mol. The van der Waals surface area contributed by atoms with Crippen molar-refractivity contribution in [2.75, 3.05) is 11.9 Å². The van der Waals surface area contributed by atoms with Gasteiger partial charge >= 0.3 is 0 Å². The van der Waals surface area contributed by atoms with Gasteiger partial charge in [0.05, 0.1) is 6.10 Å². The highest BCUT2D eigenvalue weighted by Gasteiger charge is 2.11. The molecule has 6 nitrogen and oxygen atoms in total. The molecule has 0 unspecified atom stereocenters. The Kier molecular flexibility index (Phi) is 7.31. The predicted octanol–water partition coefficient (Wildman–Crippen LogP) is 3.35. The summed E-state index contributed by atoms with van der Waals surface area (Å²) in [6.45, 7) is 6.23. The SMILES string of the molecule is CCNC(=O)c1cccc(NC(=S)NC(=O)c2cccc(OC(C)C)c2)c1. The Morgan fingerprint density at radius 1 is 1.04 bits per heavy atom. The van der Waals surface area contributed by atoms with Crippen LogP contribution in [0.15, 0.2) is 48.5 Å². The quantitative estimate of drug-likeness (QED) is 0.665. The molecule has 0 radical (unpaired) electrons. The topological polar surface area (TPSA) is 79.5 Å². The summed E-state index contributed by atoms with van der Waals surface area (Å²) in [5, 5.41) is 8.41. The molecule has 2 aromatic rings. The van der Waals surface area contributed by atoms with Gasteiger partial charge in [-0.15, -0.1) is 0 Å². The fourth-order valence-corrected chi connectivity index (χ4v) is 2.53. The van der Waals surface area contributed by atoms with Gasteiger partial charge < -0.3 is 15.4 Å². The van der Waals surface area contributed by atoms with Gasteiger partial charge in [0.1, 0.15) is 5.75 Å². The van der Waals surface area contributed by atoms with Crippen molar-refractivity contribution in [3.8, 4) is 5.75 Å². The molecule has 0 aromatic heterocycles.